The molecule has 19 heavy (non-hydrogen) atoms. The largest absolute Gasteiger partial charge is 0.496 e. The zero-order valence-electron chi connectivity index (χ0n) is 12.1. The number of nitrogens with zero attached hydrogens (tertiary/aromatic N) is 1. The Hall–Kier alpha value is -1.55. The Morgan fingerprint density at radius 1 is 1.42 bits per heavy atom. The fourth-order valence-electron chi connectivity index (χ4n) is 1.89. The van der Waals surface area contributed by atoms with Crippen molar-refractivity contribution in [2.75, 3.05) is 20.7 Å². The second-order valence-corrected chi connectivity index (χ2v) is 5.26. The molecule has 1 rings (SSSR count). The number of methoxy groups -OCH3 is 1. The maximum atomic E-state index is 11.1. The quantitative estimate of drug-likeness (QED) is 0.823. The summed E-state index contributed by atoms with van der Waals surface area (Å²) < 4.78 is 5.05. The first kappa shape index (κ1) is 15.5. The second-order valence-electron chi connectivity index (χ2n) is 5.26. The summed E-state index contributed by atoms with van der Waals surface area (Å²) in [6, 6.07) is 5.32. The number of hydrogen-bond donors (Lipinski definition) is 1. The van der Waals surface area contributed by atoms with Gasteiger partial charge < -0.3 is 14.7 Å². The van der Waals surface area contributed by atoms with E-state index in [9.17, 15) is 4.79 Å². The lowest BCUT2D eigenvalue weighted by Gasteiger charge is -2.18. The highest BCUT2D eigenvalue weighted by Crippen LogP contribution is 2.20. The lowest BCUT2D eigenvalue weighted by Crippen LogP contribution is -2.20. The van der Waals surface area contributed by atoms with Gasteiger partial charge in [-0.2, -0.15) is 0 Å². The van der Waals surface area contributed by atoms with Crippen molar-refractivity contribution in [3.8, 4) is 5.75 Å². The Kier molecular flexibility index (Phi) is 5.83. The number of carboxylic acid groups (broad SMARTS) is 1. The van der Waals surface area contributed by atoms with E-state index in [1.54, 1.807) is 12.1 Å². The molecule has 0 spiro atoms. The molecule has 0 unspecified atom stereocenters. The molecule has 1 aromatic rings. The summed E-state index contributed by atoms with van der Waals surface area (Å²) in [5, 5.41) is 9.14. The van der Waals surface area contributed by atoms with Crippen molar-refractivity contribution in [1.29, 1.82) is 0 Å². The van der Waals surface area contributed by atoms with Crippen LogP contribution in [-0.4, -0.2) is 36.7 Å². The third-order valence-corrected chi connectivity index (χ3v) is 3.03. The van der Waals surface area contributed by atoms with E-state index in [-0.39, 0.29) is 5.56 Å². The van der Waals surface area contributed by atoms with Gasteiger partial charge in [0.1, 0.15) is 11.3 Å². The van der Waals surface area contributed by atoms with Gasteiger partial charge in [0, 0.05) is 6.54 Å². The van der Waals surface area contributed by atoms with Crippen LogP contribution in [0, 0.1) is 5.92 Å². The molecule has 106 valence electrons. The molecule has 0 bridgehead atoms. The van der Waals surface area contributed by atoms with Crippen LogP contribution >= 0.6 is 0 Å². The maximum Gasteiger partial charge on any atom is 0.339 e. The molecule has 0 aromatic heterocycles. The van der Waals surface area contributed by atoms with E-state index >= 15 is 0 Å². The lowest BCUT2D eigenvalue weighted by atomic mass is 10.1. The van der Waals surface area contributed by atoms with E-state index in [0.717, 1.165) is 25.1 Å². The molecule has 0 saturated heterocycles. The number of rotatable bonds is 7. The molecule has 0 saturated carbocycles. The van der Waals surface area contributed by atoms with Crippen molar-refractivity contribution in [3.05, 3.63) is 29.3 Å². The zero-order chi connectivity index (χ0) is 14.4. The van der Waals surface area contributed by atoms with E-state index < -0.39 is 5.97 Å². The molecular formula is C15H23NO3. The van der Waals surface area contributed by atoms with Crippen molar-refractivity contribution in [2.24, 2.45) is 5.92 Å². The average Bonchev–Trinajstić information content (AvgIpc) is 2.36. The fourth-order valence-corrected chi connectivity index (χ4v) is 1.89. The summed E-state index contributed by atoms with van der Waals surface area (Å²) in [4.78, 5) is 13.3. The highest BCUT2D eigenvalue weighted by molar-refractivity contribution is 5.91. The zero-order valence-corrected chi connectivity index (χ0v) is 12.1. The Morgan fingerprint density at radius 3 is 2.63 bits per heavy atom. The topological polar surface area (TPSA) is 49.8 Å². The predicted octanol–water partition coefficient (Wildman–Crippen LogP) is 2.87. The SMILES string of the molecule is COc1ccc(CN(C)CCC(C)C)cc1C(=O)O. The summed E-state index contributed by atoms with van der Waals surface area (Å²) in [5.74, 6) is 0.123. The number of aromatic carboxylic acids is 1. The van der Waals surface area contributed by atoms with Gasteiger partial charge in [0.25, 0.3) is 0 Å². The number of hydrogen-bond acceptors (Lipinski definition) is 3. The van der Waals surface area contributed by atoms with E-state index in [1.165, 1.54) is 7.11 Å². The van der Waals surface area contributed by atoms with Gasteiger partial charge in [-0.15, -0.1) is 0 Å². The van der Waals surface area contributed by atoms with Crippen LogP contribution in [0.3, 0.4) is 0 Å². The number of carbonyl (C=O) groups is 1. The lowest BCUT2D eigenvalue weighted by molar-refractivity contribution is 0.0693. The van der Waals surface area contributed by atoms with Crippen LogP contribution in [0.15, 0.2) is 18.2 Å². The minimum Gasteiger partial charge on any atom is -0.496 e. The van der Waals surface area contributed by atoms with Crippen molar-refractivity contribution in [1.82, 2.24) is 4.90 Å². The summed E-state index contributed by atoms with van der Waals surface area (Å²) in [7, 11) is 3.53. The van der Waals surface area contributed by atoms with Crippen molar-refractivity contribution >= 4 is 5.97 Å². The molecule has 0 amide bonds. The second kappa shape index (κ2) is 7.14. The summed E-state index contributed by atoms with van der Waals surface area (Å²) in [6.07, 6.45) is 1.14. The Labute approximate surface area is 115 Å². The first-order chi connectivity index (χ1) is 8.93. The molecule has 0 fully saturated rings. The maximum absolute atomic E-state index is 11.1. The van der Waals surface area contributed by atoms with Gasteiger partial charge in [-0.25, -0.2) is 4.79 Å². The minimum absolute atomic E-state index is 0.220. The smallest absolute Gasteiger partial charge is 0.339 e. The highest BCUT2D eigenvalue weighted by atomic mass is 16.5. The first-order valence-electron chi connectivity index (χ1n) is 6.52. The van der Waals surface area contributed by atoms with Gasteiger partial charge >= 0.3 is 5.97 Å². The first-order valence-corrected chi connectivity index (χ1v) is 6.52. The van der Waals surface area contributed by atoms with Crippen LogP contribution in [0.1, 0.15) is 36.2 Å². The van der Waals surface area contributed by atoms with Crippen molar-refractivity contribution in [3.63, 3.8) is 0 Å². The molecule has 0 heterocycles. The monoisotopic (exact) mass is 265 g/mol. The Bertz CT molecular complexity index is 429. The van der Waals surface area contributed by atoms with Gasteiger partial charge in [0.05, 0.1) is 7.11 Å². The number of benzene rings is 1. The van der Waals surface area contributed by atoms with E-state index in [2.05, 4.69) is 18.7 Å². The molecule has 4 heteroatoms. The molecule has 0 aliphatic heterocycles. The molecular weight excluding hydrogens is 242 g/mol. The standard InChI is InChI=1S/C15H23NO3/c1-11(2)7-8-16(3)10-12-5-6-14(19-4)13(9-12)15(17)18/h5-6,9,11H,7-8,10H2,1-4H3,(H,17,18). The van der Waals surface area contributed by atoms with E-state index in [4.69, 9.17) is 9.84 Å². The van der Waals surface area contributed by atoms with Crippen LogP contribution in [0.4, 0.5) is 0 Å². The Balaban J connectivity index is 2.74. The van der Waals surface area contributed by atoms with Crippen LogP contribution < -0.4 is 4.74 Å². The molecule has 4 nitrogen and oxygen atoms in total. The number of ether oxygens (including phenoxy) is 1. The average molecular weight is 265 g/mol. The normalized spacial score (nSPS) is 11.1. The van der Waals surface area contributed by atoms with Crippen LogP contribution in [0.5, 0.6) is 5.75 Å². The molecule has 0 aliphatic rings. The molecule has 0 radical (unpaired) electrons. The van der Waals surface area contributed by atoms with Gasteiger partial charge in [0.2, 0.25) is 0 Å². The molecule has 1 N–H and O–H groups in total. The van der Waals surface area contributed by atoms with Crippen LogP contribution in [-0.2, 0) is 6.54 Å². The van der Waals surface area contributed by atoms with Gasteiger partial charge in [-0.3, -0.25) is 0 Å². The van der Waals surface area contributed by atoms with Gasteiger partial charge in [0.15, 0.2) is 0 Å². The van der Waals surface area contributed by atoms with Crippen LogP contribution in [0.2, 0.25) is 0 Å². The predicted molar refractivity (Wildman–Crippen MR) is 75.7 cm³/mol. The van der Waals surface area contributed by atoms with Crippen molar-refractivity contribution in [2.45, 2.75) is 26.8 Å². The highest BCUT2D eigenvalue weighted by Gasteiger charge is 2.12. The Morgan fingerprint density at radius 2 is 2.11 bits per heavy atom. The third kappa shape index (κ3) is 4.91. The number of carboxylic acids is 1. The van der Waals surface area contributed by atoms with Crippen molar-refractivity contribution < 1.29 is 14.6 Å². The van der Waals surface area contributed by atoms with Gasteiger partial charge in [-0.05, 0) is 43.6 Å². The van der Waals surface area contributed by atoms with Crippen LogP contribution in [0.25, 0.3) is 0 Å². The molecule has 0 atom stereocenters. The summed E-state index contributed by atoms with van der Waals surface area (Å²) in [5.41, 5.74) is 1.21. The minimum atomic E-state index is -0.955. The van der Waals surface area contributed by atoms with E-state index in [0.29, 0.717) is 11.7 Å². The third-order valence-electron chi connectivity index (χ3n) is 3.03. The summed E-state index contributed by atoms with van der Waals surface area (Å²) >= 11 is 0. The van der Waals surface area contributed by atoms with Gasteiger partial charge in [-0.1, -0.05) is 19.9 Å². The van der Waals surface area contributed by atoms with E-state index in [1.807, 2.05) is 13.1 Å². The fraction of sp³-hybridized carbons (Fsp3) is 0.533. The molecule has 0 aliphatic carbocycles. The molecule has 1 aromatic carbocycles. The summed E-state index contributed by atoms with van der Waals surface area (Å²) in [6.45, 7) is 6.15.